The van der Waals surface area contributed by atoms with Gasteiger partial charge in [-0.1, -0.05) is 54.6 Å². The Bertz CT molecular complexity index is 1290. The van der Waals surface area contributed by atoms with E-state index in [1.54, 1.807) is 0 Å². The molecule has 4 aromatic rings. The second-order valence-electron chi connectivity index (χ2n) is 9.83. The van der Waals surface area contributed by atoms with E-state index in [4.69, 9.17) is 4.74 Å². The van der Waals surface area contributed by atoms with Crippen LogP contribution in [0.1, 0.15) is 43.4 Å². The van der Waals surface area contributed by atoms with Crippen LogP contribution in [0.5, 0.6) is 0 Å². The number of aryl methyl sites for hydroxylation is 1. The van der Waals surface area contributed by atoms with Crippen molar-refractivity contribution in [2.75, 3.05) is 4.90 Å². The van der Waals surface area contributed by atoms with Gasteiger partial charge in [-0.05, 0) is 104 Å². The van der Waals surface area contributed by atoms with Gasteiger partial charge in [0, 0.05) is 17.1 Å². The Balaban J connectivity index is 1.42. The number of para-hydroxylation sites is 2. The quantitative estimate of drug-likeness (QED) is 0.322. The van der Waals surface area contributed by atoms with Gasteiger partial charge in [-0.15, -0.1) is 0 Å². The van der Waals surface area contributed by atoms with Crippen LogP contribution >= 0.6 is 0 Å². The van der Waals surface area contributed by atoms with Crippen LogP contribution in [0.25, 0.3) is 11.1 Å². The van der Waals surface area contributed by atoms with E-state index in [0.29, 0.717) is 0 Å². The van der Waals surface area contributed by atoms with E-state index >= 15 is 0 Å². The third-order valence-corrected chi connectivity index (χ3v) is 7.49. The number of hydrogen-bond donors (Lipinski definition) is 0. The summed E-state index contributed by atoms with van der Waals surface area (Å²) < 4.78 is 6.47. The van der Waals surface area contributed by atoms with Gasteiger partial charge < -0.3 is 9.64 Å². The first-order valence-corrected chi connectivity index (χ1v) is 11.8. The molecular formula is C31H29NO. The zero-order chi connectivity index (χ0) is 22.6. The van der Waals surface area contributed by atoms with Gasteiger partial charge in [0.15, 0.2) is 0 Å². The molecule has 0 amide bonds. The van der Waals surface area contributed by atoms with Gasteiger partial charge in [0.05, 0.1) is 11.2 Å². The molecule has 2 nitrogen and oxygen atoms in total. The maximum atomic E-state index is 6.47. The molecule has 2 bridgehead atoms. The highest BCUT2D eigenvalue weighted by molar-refractivity contribution is 5.80. The van der Waals surface area contributed by atoms with Gasteiger partial charge in [-0.25, -0.2) is 0 Å². The zero-order valence-electron chi connectivity index (χ0n) is 19.5. The molecule has 2 heterocycles. The van der Waals surface area contributed by atoms with Crippen LogP contribution in [-0.2, 0) is 15.9 Å². The monoisotopic (exact) mass is 431 g/mol. The van der Waals surface area contributed by atoms with E-state index in [1.807, 2.05) is 0 Å². The van der Waals surface area contributed by atoms with Crippen LogP contribution in [0.2, 0.25) is 0 Å². The second kappa shape index (κ2) is 7.33. The first-order valence-electron chi connectivity index (χ1n) is 11.8. The Hall–Kier alpha value is -3.36. The van der Waals surface area contributed by atoms with Crippen molar-refractivity contribution in [2.45, 2.75) is 44.8 Å². The van der Waals surface area contributed by atoms with Crippen LogP contribution in [-0.4, -0.2) is 0 Å². The van der Waals surface area contributed by atoms with Crippen molar-refractivity contribution >= 4 is 17.1 Å². The summed E-state index contributed by atoms with van der Waals surface area (Å²) in [6, 6.07) is 34.9. The largest absolute Gasteiger partial charge is 0.360 e. The predicted molar refractivity (Wildman–Crippen MR) is 136 cm³/mol. The molecule has 164 valence electrons. The van der Waals surface area contributed by atoms with E-state index in [9.17, 15) is 0 Å². The summed E-state index contributed by atoms with van der Waals surface area (Å²) in [5.41, 5.74) is 9.74. The van der Waals surface area contributed by atoms with Crippen molar-refractivity contribution in [2.24, 2.45) is 0 Å². The Morgan fingerprint density at radius 2 is 1.18 bits per heavy atom. The number of ether oxygens (including phenoxy) is 1. The summed E-state index contributed by atoms with van der Waals surface area (Å²) >= 11 is 0. The predicted octanol–water partition coefficient (Wildman–Crippen LogP) is 8.39. The van der Waals surface area contributed by atoms with Gasteiger partial charge in [-0.3, -0.25) is 0 Å². The summed E-state index contributed by atoms with van der Waals surface area (Å²) in [6.45, 7) is 6.70. The lowest BCUT2D eigenvalue weighted by Crippen LogP contribution is -2.17. The molecule has 0 N–H and O–H groups in total. The molecule has 0 radical (unpaired) electrons. The summed E-state index contributed by atoms with van der Waals surface area (Å²) in [5.74, 6) is 0. The van der Waals surface area contributed by atoms with E-state index in [-0.39, 0.29) is 11.2 Å². The van der Waals surface area contributed by atoms with E-state index < -0.39 is 0 Å². The smallest absolute Gasteiger partial charge is 0.0920 e. The molecular weight excluding hydrogens is 402 g/mol. The molecule has 6 rings (SSSR count). The maximum absolute atomic E-state index is 6.47. The van der Waals surface area contributed by atoms with Crippen molar-refractivity contribution < 1.29 is 4.74 Å². The fourth-order valence-corrected chi connectivity index (χ4v) is 5.75. The van der Waals surface area contributed by atoms with Gasteiger partial charge in [0.2, 0.25) is 0 Å². The van der Waals surface area contributed by atoms with Crippen LogP contribution in [0.15, 0.2) is 97.1 Å². The highest BCUT2D eigenvalue weighted by Gasteiger charge is 2.54. The zero-order valence-corrected chi connectivity index (χ0v) is 19.5. The molecule has 2 heteroatoms. The molecule has 1 fully saturated rings. The highest BCUT2D eigenvalue weighted by atomic mass is 16.5. The average Bonchev–Trinajstić information content (AvgIpc) is 3.28. The minimum atomic E-state index is -0.146. The molecule has 0 saturated carbocycles. The lowest BCUT2D eigenvalue weighted by Gasteiger charge is -2.27. The minimum Gasteiger partial charge on any atom is -0.360 e. The Morgan fingerprint density at radius 3 is 1.79 bits per heavy atom. The van der Waals surface area contributed by atoms with Crippen molar-refractivity contribution in [3.8, 4) is 11.1 Å². The van der Waals surface area contributed by atoms with Crippen molar-refractivity contribution in [1.82, 2.24) is 0 Å². The van der Waals surface area contributed by atoms with Crippen LogP contribution in [0.4, 0.5) is 17.1 Å². The van der Waals surface area contributed by atoms with Crippen molar-refractivity contribution in [3.63, 3.8) is 0 Å². The number of fused-ring (bicyclic) bond motifs is 5. The fourth-order valence-electron chi connectivity index (χ4n) is 5.75. The first kappa shape index (κ1) is 20.3. The number of rotatable bonds is 4. The minimum absolute atomic E-state index is 0.117. The third kappa shape index (κ3) is 3.20. The molecule has 4 aromatic carbocycles. The number of hydrogen-bond acceptors (Lipinski definition) is 2. The standard InChI is InChI=1S/C31H29NO/c1-22-20-23(24-14-16-27-28(21-24)31(3)19-18-30(27,2)33-31)15-17-29(22)32(25-10-6-4-7-11-25)26-12-8-5-9-13-26/h4-17,20-21H,18-19H2,1-3H3. The molecule has 1 saturated heterocycles. The summed E-state index contributed by atoms with van der Waals surface area (Å²) in [4.78, 5) is 2.33. The van der Waals surface area contributed by atoms with Crippen LogP contribution in [0, 0.1) is 6.92 Å². The lowest BCUT2D eigenvalue weighted by molar-refractivity contribution is -0.0662. The Kier molecular flexibility index (Phi) is 4.50. The van der Waals surface area contributed by atoms with E-state index in [1.165, 1.54) is 33.5 Å². The summed E-state index contributed by atoms with van der Waals surface area (Å²) in [6.07, 6.45) is 2.21. The number of benzene rings is 4. The Labute approximate surface area is 196 Å². The fraction of sp³-hybridized carbons (Fsp3) is 0.226. The summed E-state index contributed by atoms with van der Waals surface area (Å²) in [7, 11) is 0. The summed E-state index contributed by atoms with van der Waals surface area (Å²) in [5, 5.41) is 0. The van der Waals surface area contributed by atoms with Crippen LogP contribution < -0.4 is 4.90 Å². The van der Waals surface area contributed by atoms with Gasteiger partial charge in [-0.2, -0.15) is 0 Å². The van der Waals surface area contributed by atoms with Crippen molar-refractivity contribution in [1.29, 1.82) is 0 Å². The lowest BCUT2D eigenvalue weighted by atomic mass is 9.77. The van der Waals surface area contributed by atoms with E-state index in [0.717, 1.165) is 24.2 Å². The Morgan fingerprint density at radius 1 is 0.636 bits per heavy atom. The second-order valence-corrected chi connectivity index (χ2v) is 9.83. The molecule has 0 spiro atoms. The topological polar surface area (TPSA) is 12.5 Å². The van der Waals surface area contributed by atoms with Gasteiger partial charge in [0.25, 0.3) is 0 Å². The molecule has 2 aliphatic rings. The average molecular weight is 432 g/mol. The SMILES string of the molecule is Cc1cc(-c2ccc3c(c2)C2(C)CCC3(C)O2)ccc1N(c1ccccc1)c1ccccc1. The molecule has 0 aliphatic carbocycles. The molecule has 2 atom stereocenters. The third-order valence-electron chi connectivity index (χ3n) is 7.49. The van der Waals surface area contributed by atoms with E-state index in [2.05, 4.69) is 123 Å². The number of anilines is 3. The van der Waals surface area contributed by atoms with Gasteiger partial charge in [0.1, 0.15) is 0 Å². The molecule has 2 unspecified atom stereocenters. The number of nitrogens with zero attached hydrogens (tertiary/aromatic N) is 1. The molecule has 0 aromatic heterocycles. The van der Waals surface area contributed by atoms with Crippen molar-refractivity contribution in [3.05, 3.63) is 114 Å². The molecule has 33 heavy (non-hydrogen) atoms. The van der Waals surface area contributed by atoms with Gasteiger partial charge >= 0.3 is 0 Å². The molecule has 2 aliphatic heterocycles. The van der Waals surface area contributed by atoms with Crippen LogP contribution in [0.3, 0.4) is 0 Å². The highest BCUT2D eigenvalue weighted by Crippen LogP contribution is 2.58. The first-order chi connectivity index (χ1) is 16.0. The normalized spacial score (nSPS) is 22.9. The maximum Gasteiger partial charge on any atom is 0.0920 e.